The Balaban J connectivity index is 1.47. The Morgan fingerprint density at radius 1 is 0.913 bits per heavy atom. The van der Waals surface area contributed by atoms with Crippen molar-refractivity contribution in [2.75, 3.05) is 0 Å². The summed E-state index contributed by atoms with van der Waals surface area (Å²) in [7, 11) is 0. The summed E-state index contributed by atoms with van der Waals surface area (Å²) in [5, 5.41) is 0.138. The van der Waals surface area contributed by atoms with Gasteiger partial charge < -0.3 is 23.7 Å². The summed E-state index contributed by atoms with van der Waals surface area (Å²) in [6.07, 6.45) is -1.85. The van der Waals surface area contributed by atoms with Crippen molar-refractivity contribution < 1.29 is 33.3 Å². The number of fused-ring (bicyclic) bond motifs is 1. The summed E-state index contributed by atoms with van der Waals surface area (Å²) in [6.45, 7) is 3.10. The van der Waals surface area contributed by atoms with Crippen molar-refractivity contribution in [3.8, 4) is 0 Å². The molecule has 5 atom stereocenters. The lowest BCUT2D eigenvalue weighted by Crippen LogP contribution is -2.60. The number of nitrogens with zero attached hydrogens (tertiary/aromatic N) is 4. The molecule has 6 rings (SSSR count). The number of esters is 2. The second-order valence-corrected chi connectivity index (χ2v) is 11.1. The van der Waals surface area contributed by atoms with Gasteiger partial charge in [-0.2, -0.15) is 0 Å². The molecule has 5 unspecified atom stereocenters. The third-order valence-electron chi connectivity index (χ3n) is 7.72. The Bertz CT molecular complexity index is 1790. The van der Waals surface area contributed by atoms with Gasteiger partial charge in [0.1, 0.15) is 17.9 Å². The molecule has 1 fully saturated rings. The van der Waals surface area contributed by atoms with E-state index in [9.17, 15) is 9.59 Å². The summed E-state index contributed by atoms with van der Waals surface area (Å²) < 4.78 is 33.5. The van der Waals surface area contributed by atoms with Crippen molar-refractivity contribution in [1.82, 2.24) is 19.5 Å². The fraction of sp³-hybridized carbons (Fsp3) is 0.265. The second kappa shape index (κ2) is 13.8. The molecule has 0 spiro atoms. The Hall–Kier alpha value is -4.68. The molecule has 1 aliphatic rings. The number of benzene rings is 3. The maximum Gasteiger partial charge on any atom is 0.338 e. The molecule has 0 saturated carbocycles. The first kappa shape index (κ1) is 31.3. The molecule has 236 valence electrons. The van der Waals surface area contributed by atoms with Gasteiger partial charge in [-0.3, -0.25) is 9.36 Å². The molecule has 0 N–H and O–H groups in total. The fourth-order valence-corrected chi connectivity index (χ4v) is 5.67. The molecular weight excluding hydrogens is 612 g/mol. The summed E-state index contributed by atoms with van der Waals surface area (Å²) in [5.41, 5.74) is 0.971. The maximum absolute atomic E-state index is 13.5. The quantitative estimate of drug-likeness (QED) is 0.131. The Morgan fingerprint density at radius 3 is 2.20 bits per heavy atom. The van der Waals surface area contributed by atoms with Crippen molar-refractivity contribution in [2.24, 2.45) is 0 Å². The average molecular weight is 643 g/mol. The predicted octanol–water partition coefficient (Wildman–Crippen LogP) is 5.68. The van der Waals surface area contributed by atoms with E-state index in [4.69, 9.17) is 35.3 Å². The van der Waals surface area contributed by atoms with E-state index >= 15 is 0 Å². The molecule has 3 aromatic carbocycles. The standard InChI is InChI=1S/C34H31ClN4O7/c1-22(44-32(41)26-16-10-5-11-17-26)34(43-19-25-14-8-4-9-15-25)28(45-23(2)40)31(39-21-38-27-29(35)36-20-37-30(27)39)46-33(34)42-18-24-12-6-3-7-13-24/h3-17,20-22,28,31,33H,18-19H2,1-2H3. The topological polar surface area (TPSA) is 124 Å². The van der Waals surface area contributed by atoms with Crippen LogP contribution >= 0.6 is 11.6 Å². The van der Waals surface area contributed by atoms with Gasteiger partial charge in [0.05, 0.1) is 25.1 Å². The highest BCUT2D eigenvalue weighted by atomic mass is 35.5. The molecule has 3 heterocycles. The minimum Gasteiger partial charge on any atom is -0.456 e. The first-order chi connectivity index (χ1) is 22.4. The van der Waals surface area contributed by atoms with E-state index < -0.39 is 42.3 Å². The number of imidazole rings is 1. The van der Waals surface area contributed by atoms with Crippen LogP contribution in [-0.4, -0.2) is 55.6 Å². The number of halogens is 1. The van der Waals surface area contributed by atoms with Crippen LogP contribution in [-0.2, 0) is 41.7 Å². The fourth-order valence-electron chi connectivity index (χ4n) is 5.50. The maximum atomic E-state index is 13.5. The Morgan fingerprint density at radius 2 is 1.54 bits per heavy atom. The van der Waals surface area contributed by atoms with Crippen molar-refractivity contribution in [3.05, 3.63) is 125 Å². The smallest absolute Gasteiger partial charge is 0.338 e. The van der Waals surface area contributed by atoms with E-state index in [0.29, 0.717) is 16.7 Å². The molecule has 46 heavy (non-hydrogen) atoms. The van der Waals surface area contributed by atoms with E-state index in [0.717, 1.165) is 11.1 Å². The lowest BCUT2D eigenvalue weighted by molar-refractivity contribution is -0.264. The minimum absolute atomic E-state index is 0.0474. The van der Waals surface area contributed by atoms with Gasteiger partial charge in [-0.25, -0.2) is 19.7 Å². The van der Waals surface area contributed by atoms with Crippen LogP contribution in [0.1, 0.15) is 41.6 Å². The SMILES string of the molecule is CC(=O)OC1C(n2cnc3c(Cl)ncnc32)OC(OCc2ccccc2)C1(OCc1ccccc1)C(C)OC(=O)c1ccccc1. The molecule has 0 amide bonds. The van der Waals surface area contributed by atoms with Crippen LogP contribution in [0.3, 0.4) is 0 Å². The third kappa shape index (κ3) is 6.35. The highest BCUT2D eigenvalue weighted by molar-refractivity contribution is 6.33. The van der Waals surface area contributed by atoms with Gasteiger partial charge >= 0.3 is 11.9 Å². The van der Waals surface area contributed by atoms with Crippen LogP contribution in [0.5, 0.6) is 0 Å². The molecule has 1 saturated heterocycles. The lowest BCUT2D eigenvalue weighted by atomic mass is 9.90. The van der Waals surface area contributed by atoms with E-state index in [1.54, 1.807) is 41.8 Å². The van der Waals surface area contributed by atoms with Crippen molar-refractivity contribution in [1.29, 1.82) is 0 Å². The predicted molar refractivity (Wildman–Crippen MR) is 166 cm³/mol. The Kier molecular flexibility index (Phi) is 9.36. The molecule has 12 heteroatoms. The highest BCUT2D eigenvalue weighted by Crippen LogP contribution is 2.47. The number of carbonyl (C=O) groups is 2. The monoisotopic (exact) mass is 642 g/mol. The van der Waals surface area contributed by atoms with E-state index in [1.165, 1.54) is 19.6 Å². The zero-order valence-electron chi connectivity index (χ0n) is 25.1. The molecule has 0 aliphatic carbocycles. The summed E-state index contributed by atoms with van der Waals surface area (Å²) in [4.78, 5) is 39.0. The minimum atomic E-state index is -1.70. The van der Waals surface area contributed by atoms with Gasteiger partial charge in [-0.1, -0.05) is 90.5 Å². The first-order valence-electron chi connectivity index (χ1n) is 14.6. The van der Waals surface area contributed by atoms with Crippen molar-refractivity contribution in [2.45, 2.75) is 57.4 Å². The average Bonchev–Trinajstić information content (AvgIpc) is 3.64. The number of hydrogen-bond acceptors (Lipinski definition) is 10. The third-order valence-corrected chi connectivity index (χ3v) is 8.00. The van der Waals surface area contributed by atoms with Crippen molar-refractivity contribution in [3.63, 3.8) is 0 Å². The van der Waals surface area contributed by atoms with Crippen LogP contribution in [0.15, 0.2) is 104 Å². The summed E-state index contributed by atoms with van der Waals surface area (Å²) in [5.74, 6) is -1.22. The normalized spacial score (nSPS) is 21.6. The number of hydrogen-bond donors (Lipinski definition) is 0. The summed E-state index contributed by atoms with van der Waals surface area (Å²) >= 11 is 6.32. The van der Waals surface area contributed by atoms with E-state index in [-0.39, 0.29) is 18.4 Å². The van der Waals surface area contributed by atoms with Crippen LogP contribution < -0.4 is 0 Å². The molecule has 2 aromatic heterocycles. The van der Waals surface area contributed by atoms with Crippen LogP contribution in [0.2, 0.25) is 5.15 Å². The molecule has 0 bridgehead atoms. The highest BCUT2D eigenvalue weighted by Gasteiger charge is 2.66. The molecule has 5 aromatic rings. The number of ether oxygens (including phenoxy) is 5. The largest absolute Gasteiger partial charge is 0.456 e. The van der Waals surface area contributed by atoms with Gasteiger partial charge in [0.15, 0.2) is 35.0 Å². The molecule has 11 nitrogen and oxygen atoms in total. The zero-order valence-corrected chi connectivity index (χ0v) is 25.8. The molecule has 0 radical (unpaired) electrons. The van der Waals surface area contributed by atoms with E-state index in [1.807, 2.05) is 60.7 Å². The van der Waals surface area contributed by atoms with Gasteiger partial charge in [-0.05, 0) is 30.2 Å². The number of carbonyl (C=O) groups excluding carboxylic acids is 2. The second-order valence-electron chi connectivity index (χ2n) is 10.7. The molecular formula is C34H31ClN4O7. The lowest BCUT2D eigenvalue weighted by Gasteiger charge is -2.41. The van der Waals surface area contributed by atoms with Gasteiger partial charge in [0.25, 0.3) is 0 Å². The van der Waals surface area contributed by atoms with Crippen LogP contribution in [0.25, 0.3) is 11.2 Å². The van der Waals surface area contributed by atoms with Crippen molar-refractivity contribution >= 4 is 34.7 Å². The first-order valence-corrected chi connectivity index (χ1v) is 15.0. The van der Waals surface area contributed by atoms with Gasteiger partial charge in [0.2, 0.25) is 0 Å². The van der Waals surface area contributed by atoms with Gasteiger partial charge in [0, 0.05) is 6.92 Å². The Labute approximate surface area is 270 Å². The number of aromatic nitrogens is 4. The van der Waals surface area contributed by atoms with Gasteiger partial charge in [-0.15, -0.1) is 0 Å². The van der Waals surface area contributed by atoms with E-state index in [2.05, 4.69) is 15.0 Å². The van der Waals surface area contributed by atoms with Crippen LogP contribution in [0.4, 0.5) is 0 Å². The number of rotatable bonds is 11. The zero-order chi connectivity index (χ0) is 32.1. The van der Waals surface area contributed by atoms with Crippen LogP contribution in [0, 0.1) is 0 Å². The summed E-state index contributed by atoms with van der Waals surface area (Å²) in [6, 6.07) is 27.5. The molecule has 1 aliphatic heterocycles.